The molecule has 0 atom stereocenters. The summed E-state index contributed by atoms with van der Waals surface area (Å²) in [5, 5.41) is 2.94. The van der Waals surface area contributed by atoms with E-state index >= 15 is 0 Å². The summed E-state index contributed by atoms with van der Waals surface area (Å²) in [5.41, 5.74) is 0.642. The Morgan fingerprint density at radius 3 is 2.57 bits per heavy atom. The average molecular weight is 405 g/mol. The van der Waals surface area contributed by atoms with Crippen LogP contribution in [0.2, 0.25) is 0 Å². The minimum atomic E-state index is -0.632. The fraction of sp³-hybridized carbons (Fsp3) is 0.190. The number of hydrogen-bond acceptors (Lipinski definition) is 7. The Kier molecular flexibility index (Phi) is 5.25. The van der Waals surface area contributed by atoms with Crippen molar-refractivity contribution in [1.82, 2.24) is 14.1 Å². The van der Waals surface area contributed by atoms with Gasteiger partial charge < -0.3 is 10.1 Å². The molecule has 0 spiro atoms. The molecular weight excluding hydrogens is 386 g/mol. The van der Waals surface area contributed by atoms with E-state index in [0.717, 1.165) is 15.7 Å². The van der Waals surface area contributed by atoms with E-state index in [9.17, 15) is 14.4 Å². The van der Waals surface area contributed by atoms with Crippen LogP contribution >= 0.6 is 0 Å². The van der Waals surface area contributed by atoms with Crippen LogP contribution in [-0.2, 0) is 29.7 Å². The van der Waals surface area contributed by atoms with Gasteiger partial charge in [-0.25, -0.2) is 14.6 Å². The third kappa shape index (κ3) is 3.77. The lowest BCUT2D eigenvalue weighted by molar-refractivity contribution is -0.136. The highest BCUT2D eigenvalue weighted by Gasteiger charge is 2.25. The number of aromatic nitrogens is 3. The number of carbonyl (C=O) groups is 1. The number of aliphatic imine (C=N–C) groups is 1. The number of carbonyl (C=O) groups excluding carboxylic acids is 1. The maximum Gasteiger partial charge on any atom is 0.354 e. The minimum absolute atomic E-state index is 0.00939. The van der Waals surface area contributed by atoms with Crippen molar-refractivity contribution in [1.29, 1.82) is 0 Å². The molecule has 1 aliphatic rings. The van der Waals surface area contributed by atoms with Crippen molar-refractivity contribution in [2.24, 2.45) is 12.0 Å². The van der Waals surface area contributed by atoms with Gasteiger partial charge in [0.1, 0.15) is 18.1 Å². The molecule has 1 aromatic carbocycles. The third-order valence-electron chi connectivity index (χ3n) is 4.73. The van der Waals surface area contributed by atoms with Crippen LogP contribution in [0.15, 0.2) is 69.4 Å². The average Bonchev–Trinajstić information content (AvgIpc) is 2.80. The maximum atomic E-state index is 13.0. The van der Waals surface area contributed by atoms with Crippen molar-refractivity contribution >= 4 is 23.2 Å². The predicted molar refractivity (Wildman–Crippen MR) is 111 cm³/mol. The summed E-state index contributed by atoms with van der Waals surface area (Å²) in [6.07, 6.45) is 3.21. The minimum Gasteiger partial charge on any atom is -0.456 e. The summed E-state index contributed by atoms with van der Waals surface area (Å²) in [4.78, 5) is 46.2. The van der Waals surface area contributed by atoms with Crippen molar-refractivity contribution in [2.45, 2.75) is 13.2 Å². The lowest BCUT2D eigenvalue weighted by Crippen LogP contribution is -2.42. The van der Waals surface area contributed by atoms with Gasteiger partial charge in [0.15, 0.2) is 5.69 Å². The van der Waals surface area contributed by atoms with Crippen LogP contribution in [0.25, 0.3) is 0 Å². The number of ether oxygens (including phenoxy) is 1. The van der Waals surface area contributed by atoms with Crippen LogP contribution in [0.5, 0.6) is 0 Å². The molecule has 30 heavy (non-hydrogen) atoms. The molecule has 0 amide bonds. The van der Waals surface area contributed by atoms with Crippen molar-refractivity contribution in [3.63, 3.8) is 0 Å². The summed E-state index contributed by atoms with van der Waals surface area (Å²) in [6.45, 7) is 0.229. The molecule has 9 heteroatoms. The molecule has 0 fully saturated rings. The zero-order valence-corrected chi connectivity index (χ0v) is 16.2. The van der Waals surface area contributed by atoms with Gasteiger partial charge in [0.2, 0.25) is 0 Å². The van der Waals surface area contributed by atoms with Crippen molar-refractivity contribution in [3.8, 4) is 0 Å². The first-order valence-electron chi connectivity index (χ1n) is 9.30. The third-order valence-corrected chi connectivity index (χ3v) is 4.73. The molecule has 0 unspecified atom stereocenters. The molecule has 0 bridgehead atoms. The Bertz CT molecular complexity index is 1230. The van der Waals surface area contributed by atoms with Gasteiger partial charge in [0.05, 0.1) is 13.1 Å². The molecule has 1 N–H and O–H groups in total. The van der Waals surface area contributed by atoms with Crippen molar-refractivity contribution in [2.75, 3.05) is 11.9 Å². The Morgan fingerprint density at radius 2 is 1.83 bits per heavy atom. The van der Waals surface area contributed by atoms with E-state index in [-0.39, 0.29) is 36.9 Å². The smallest absolute Gasteiger partial charge is 0.354 e. The zero-order chi connectivity index (χ0) is 21.1. The van der Waals surface area contributed by atoms with E-state index in [2.05, 4.69) is 15.3 Å². The number of nitrogens with zero attached hydrogens (tertiary/aromatic N) is 4. The quantitative estimate of drug-likeness (QED) is 0.640. The van der Waals surface area contributed by atoms with Crippen LogP contribution in [0.4, 0.5) is 11.5 Å². The van der Waals surface area contributed by atoms with Crippen LogP contribution < -0.4 is 16.6 Å². The topological polar surface area (TPSA) is 108 Å². The number of esters is 1. The summed E-state index contributed by atoms with van der Waals surface area (Å²) in [5.74, 6) is -0.354. The normalized spacial score (nSPS) is 12.5. The van der Waals surface area contributed by atoms with Gasteiger partial charge in [-0.1, -0.05) is 30.3 Å². The first kappa shape index (κ1) is 19.3. The summed E-state index contributed by atoms with van der Waals surface area (Å²) in [7, 11) is 1.55. The van der Waals surface area contributed by atoms with E-state index in [1.807, 2.05) is 30.3 Å². The van der Waals surface area contributed by atoms with E-state index in [1.165, 1.54) is 4.57 Å². The molecule has 0 saturated heterocycles. The monoisotopic (exact) mass is 405 g/mol. The predicted octanol–water partition coefficient (Wildman–Crippen LogP) is 1.23. The molecule has 1 aliphatic heterocycles. The second-order valence-corrected chi connectivity index (χ2v) is 6.76. The fourth-order valence-corrected chi connectivity index (χ4v) is 3.13. The zero-order valence-electron chi connectivity index (χ0n) is 16.2. The number of anilines is 1. The standard InChI is InChI=1S/C21H19N5O4/c1-25-18-17(19(27)26(21(25)29)12-14-5-3-2-4-6-14)24-16(11-23-18)20(28)30-13-15-7-9-22-10-8-15/h2-10,23H,11-13H2,1H3. The molecular formula is C21H19N5O4. The van der Waals surface area contributed by atoms with Gasteiger partial charge in [0, 0.05) is 19.4 Å². The number of hydrogen-bond donors (Lipinski definition) is 1. The molecule has 4 rings (SSSR count). The van der Waals surface area contributed by atoms with E-state index in [4.69, 9.17) is 4.74 Å². The van der Waals surface area contributed by atoms with E-state index in [1.54, 1.807) is 31.6 Å². The highest BCUT2D eigenvalue weighted by molar-refractivity contribution is 6.38. The van der Waals surface area contributed by atoms with Crippen LogP contribution in [0, 0.1) is 0 Å². The lowest BCUT2D eigenvalue weighted by atomic mass is 10.2. The molecule has 0 aliphatic carbocycles. The Morgan fingerprint density at radius 1 is 1.10 bits per heavy atom. The van der Waals surface area contributed by atoms with Gasteiger partial charge in [-0.05, 0) is 23.3 Å². The Labute approximate surface area is 171 Å². The Hall–Kier alpha value is -4.01. The van der Waals surface area contributed by atoms with Crippen molar-refractivity contribution < 1.29 is 9.53 Å². The van der Waals surface area contributed by atoms with Crippen LogP contribution in [0.1, 0.15) is 11.1 Å². The summed E-state index contributed by atoms with van der Waals surface area (Å²) in [6, 6.07) is 12.7. The number of nitrogens with one attached hydrogen (secondary N) is 1. The van der Waals surface area contributed by atoms with Gasteiger partial charge in [0.25, 0.3) is 5.56 Å². The largest absolute Gasteiger partial charge is 0.456 e. The molecule has 9 nitrogen and oxygen atoms in total. The molecule has 152 valence electrons. The second kappa shape index (κ2) is 8.16. The number of pyridine rings is 1. The van der Waals surface area contributed by atoms with Gasteiger partial charge in [-0.15, -0.1) is 0 Å². The highest BCUT2D eigenvalue weighted by atomic mass is 16.5. The number of rotatable bonds is 5. The maximum absolute atomic E-state index is 13.0. The SMILES string of the molecule is Cn1c2c(c(=O)n(Cc3ccccc3)c1=O)N=C(C(=O)OCc1ccncc1)CN2. The fourth-order valence-electron chi connectivity index (χ4n) is 3.13. The van der Waals surface area contributed by atoms with Gasteiger partial charge in [-0.3, -0.25) is 18.9 Å². The first-order chi connectivity index (χ1) is 14.5. The molecule has 2 aromatic heterocycles. The summed E-state index contributed by atoms with van der Waals surface area (Å²) < 4.78 is 7.71. The number of fused-ring (bicyclic) bond motifs is 1. The van der Waals surface area contributed by atoms with Crippen LogP contribution in [0.3, 0.4) is 0 Å². The first-order valence-corrected chi connectivity index (χ1v) is 9.30. The Balaban J connectivity index is 1.64. The number of benzene rings is 1. The van der Waals surface area contributed by atoms with Crippen LogP contribution in [-0.4, -0.2) is 32.3 Å². The van der Waals surface area contributed by atoms with Crippen molar-refractivity contribution in [3.05, 3.63) is 86.8 Å². The van der Waals surface area contributed by atoms with E-state index < -0.39 is 17.2 Å². The highest BCUT2D eigenvalue weighted by Crippen LogP contribution is 2.22. The lowest BCUT2D eigenvalue weighted by Gasteiger charge is -2.20. The van der Waals surface area contributed by atoms with Gasteiger partial charge >= 0.3 is 11.7 Å². The molecule has 0 saturated carbocycles. The molecule has 3 heterocycles. The van der Waals surface area contributed by atoms with E-state index in [0.29, 0.717) is 0 Å². The van der Waals surface area contributed by atoms with Gasteiger partial charge in [-0.2, -0.15) is 0 Å². The second-order valence-electron chi connectivity index (χ2n) is 6.76. The summed E-state index contributed by atoms with van der Waals surface area (Å²) >= 11 is 0. The molecule has 3 aromatic rings. The molecule has 0 radical (unpaired) electrons.